The quantitative estimate of drug-likeness (QED) is 0.236. The summed E-state index contributed by atoms with van der Waals surface area (Å²) < 4.78 is 6.24. The molecule has 164 valence electrons. The highest BCUT2D eigenvalue weighted by Crippen LogP contribution is 2.41. The lowest BCUT2D eigenvalue weighted by molar-refractivity contribution is -0.384. The minimum absolute atomic E-state index is 0.0760. The Morgan fingerprint density at radius 3 is 2.55 bits per heavy atom. The summed E-state index contributed by atoms with van der Waals surface area (Å²) in [6.07, 6.45) is 0. The summed E-state index contributed by atoms with van der Waals surface area (Å²) >= 11 is 0. The SMILES string of the molecule is COC(=O)c1ccc([C@H]2c3c(-c4ccc([N+](=O)[O-])cc4)n[nH]c(=O)c3Nc3nnnn32)cc1. The molecule has 33 heavy (non-hydrogen) atoms. The van der Waals surface area contributed by atoms with Crippen LogP contribution < -0.4 is 10.9 Å². The van der Waals surface area contributed by atoms with Gasteiger partial charge in [-0.15, -0.1) is 0 Å². The standard InChI is InChI=1S/C20H14N8O5/c1-33-19(30)12-4-2-11(3-5-12)17-14-15(10-6-8-13(9-7-10)28(31)32)22-23-18(29)16(14)21-20-24-25-26-27(17)20/h2-9,17H,1H3,(H,23,29)(H,21,24,26)/t17-/m0/s1. The molecule has 3 heterocycles. The van der Waals surface area contributed by atoms with Crippen molar-refractivity contribution in [3.63, 3.8) is 0 Å². The van der Waals surface area contributed by atoms with Crippen LogP contribution in [0.5, 0.6) is 0 Å². The monoisotopic (exact) mass is 446 g/mol. The third-order valence-electron chi connectivity index (χ3n) is 5.27. The second-order valence-corrected chi connectivity index (χ2v) is 7.08. The molecule has 13 heteroatoms. The molecule has 0 saturated carbocycles. The fourth-order valence-electron chi connectivity index (χ4n) is 3.73. The normalized spacial score (nSPS) is 14.0. The van der Waals surface area contributed by atoms with E-state index in [0.29, 0.717) is 27.9 Å². The van der Waals surface area contributed by atoms with E-state index in [0.717, 1.165) is 0 Å². The van der Waals surface area contributed by atoms with Gasteiger partial charge in [-0.05, 0) is 40.3 Å². The van der Waals surface area contributed by atoms with E-state index < -0.39 is 22.5 Å². The van der Waals surface area contributed by atoms with Gasteiger partial charge in [0.05, 0.1) is 23.3 Å². The molecule has 1 aliphatic heterocycles. The van der Waals surface area contributed by atoms with Gasteiger partial charge in [0.2, 0.25) is 5.95 Å². The number of nitro benzene ring substituents is 1. The van der Waals surface area contributed by atoms with Crippen LogP contribution in [0.15, 0.2) is 53.3 Å². The number of benzene rings is 2. The van der Waals surface area contributed by atoms with Crippen molar-refractivity contribution in [3.8, 4) is 11.3 Å². The summed E-state index contributed by atoms with van der Waals surface area (Å²) in [5, 5.41) is 32.3. The predicted octanol–water partition coefficient (Wildman–Crippen LogP) is 1.81. The number of methoxy groups -OCH3 is 1. The third-order valence-corrected chi connectivity index (χ3v) is 5.27. The fraction of sp³-hybridized carbons (Fsp3) is 0.100. The van der Waals surface area contributed by atoms with E-state index in [4.69, 9.17) is 4.74 Å². The number of aromatic amines is 1. The number of nitro groups is 1. The summed E-state index contributed by atoms with van der Waals surface area (Å²) in [6.45, 7) is 0. The van der Waals surface area contributed by atoms with Crippen molar-refractivity contribution in [3.05, 3.63) is 85.7 Å². The number of tetrazole rings is 1. The molecule has 2 aromatic carbocycles. The first kappa shape index (κ1) is 20.0. The Morgan fingerprint density at radius 1 is 1.15 bits per heavy atom. The van der Waals surface area contributed by atoms with Crippen molar-refractivity contribution in [1.82, 2.24) is 30.4 Å². The Kier molecular flexibility index (Phi) is 4.63. The number of H-pyrrole nitrogens is 1. The minimum Gasteiger partial charge on any atom is -0.465 e. The zero-order valence-electron chi connectivity index (χ0n) is 16.9. The van der Waals surface area contributed by atoms with Gasteiger partial charge in [0.1, 0.15) is 11.7 Å². The van der Waals surface area contributed by atoms with Crippen LogP contribution in [0.2, 0.25) is 0 Å². The number of esters is 1. The average Bonchev–Trinajstić information content (AvgIpc) is 3.31. The van der Waals surface area contributed by atoms with Crippen molar-refractivity contribution in [2.75, 3.05) is 12.4 Å². The lowest BCUT2D eigenvalue weighted by Gasteiger charge is -2.27. The van der Waals surface area contributed by atoms with Crippen LogP contribution in [0.1, 0.15) is 27.5 Å². The van der Waals surface area contributed by atoms with Crippen LogP contribution in [0.3, 0.4) is 0 Å². The summed E-state index contributed by atoms with van der Waals surface area (Å²) in [7, 11) is 1.29. The first-order valence-electron chi connectivity index (χ1n) is 9.58. The van der Waals surface area contributed by atoms with Gasteiger partial charge in [-0.25, -0.2) is 9.89 Å². The molecule has 4 aromatic rings. The maximum absolute atomic E-state index is 12.7. The number of non-ortho nitro benzene ring substituents is 1. The summed E-state index contributed by atoms with van der Waals surface area (Å²) in [5.41, 5.74) is 2.06. The van der Waals surface area contributed by atoms with Gasteiger partial charge in [0, 0.05) is 23.3 Å². The fourth-order valence-corrected chi connectivity index (χ4v) is 3.73. The Morgan fingerprint density at radius 2 is 1.88 bits per heavy atom. The number of anilines is 2. The van der Waals surface area contributed by atoms with Crippen molar-refractivity contribution in [2.24, 2.45) is 0 Å². The molecule has 1 aliphatic rings. The molecule has 0 fully saturated rings. The van der Waals surface area contributed by atoms with E-state index in [9.17, 15) is 19.7 Å². The zero-order valence-corrected chi connectivity index (χ0v) is 16.9. The van der Waals surface area contributed by atoms with E-state index in [1.165, 1.54) is 23.9 Å². The number of nitrogens with one attached hydrogen (secondary N) is 2. The molecule has 1 atom stereocenters. The highest BCUT2D eigenvalue weighted by atomic mass is 16.6. The molecule has 0 amide bonds. The predicted molar refractivity (Wildman–Crippen MR) is 113 cm³/mol. The number of carbonyl (C=O) groups excluding carboxylic acids is 1. The summed E-state index contributed by atoms with van der Waals surface area (Å²) in [4.78, 5) is 35.1. The molecule has 2 N–H and O–H groups in total. The molecule has 0 unspecified atom stereocenters. The molecule has 0 bridgehead atoms. The second kappa shape index (κ2) is 7.64. The van der Waals surface area contributed by atoms with E-state index in [1.54, 1.807) is 36.4 Å². The number of ether oxygens (including phenoxy) is 1. The van der Waals surface area contributed by atoms with Gasteiger partial charge < -0.3 is 10.1 Å². The van der Waals surface area contributed by atoms with Crippen LogP contribution in [0.25, 0.3) is 11.3 Å². The zero-order chi connectivity index (χ0) is 23.1. The van der Waals surface area contributed by atoms with Gasteiger partial charge in [0.15, 0.2) is 0 Å². The lowest BCUT2D eigenvalue weighted by Crippen LogP contribution is -2.29. The van der Waals surface area contributed by atoms with Gasteiger partial charge in [-0.2, -0.15) is 9.78 Å². The molecular weight excluding hydrogens is 432 g/mol. The second-order valence-electron chi connectivity index (χ2n) is 7.08. The topological polar surface area (TPSA) is 171 Å². The maximum atomic E-state index is 12.7. The van der Waals surface area contributed by atoms with Crippen molar-refractivity contribution >= 4 is 23.3 Å². The highest BCUT2D eigenvalue weighted by Gasteiger charge is 2.34. The Bertz CT molecular complexity index is 1440. The molecule has 0 radical (unpaired) electrons. The largest absolute Gasteiger partial charge is 0.465 e. The number of hydrogen-bond donors (Lipinski definition) is 2. The molecule has 5 rings (SSSR count). The molecule has 0 aliphatic carbocycles. The summed E-state index contributed by atoms with van der Waals surface area (Å²) in [5.74, 6) is -0.240. The van der Waals surface area contributed by atoms with Gasteiger partial charge >= 0.3 is 5.97 Å². The number of aromatic nitrogens is 6. The highest BCUT2D eigenvalue weighted by molar-refractivity contribution is 5.89. The van der Waals surface area contributed by atoms with Crippen molar-refractivity contribution < 1.29 is 14.5 Å². The van der Waals surface area contributed by atoms with Crippen LogP contribution in [0.4, 0.5) is 17.3 Å². The lowest BCUT2D eigenvalue weighted by atomic mass is 9.92. The van der Waals surface area contributed by atoms with Crippen LogP contribution in [-0.2, 0) is 4.74 Å². The molecule has 0 spiro atoms. The van der Waals surface area contributed by atoms with E-state index in [2.05, 4.69) is 31.0 Å². The first-order valence-corrected chi connectivity index (χ1v) is 9.58. The smallest absolute Gasteiger partial charge is 0.337 e. The molecule has 13 nitrogen and oxygen atoms in total. The third kappa shape index (κ3) is 3.27. The van der Waals surface area contributed by atoms with E-state index in [1.807, 2.05) is 0 Å². The van der Waals surface area contributed by atoms with E-state index in [-0.39, 0.29) is 17.3 Å². The first-order chi connectivity index (χ1) is 16.0. The molecule has 0 saturated heterocycles. The Balaban J connectivity index is 1.71. The Labute approximate surface area is 184 Å². The van der Waals surface area contributed by atoms with Crippen LogP contribution >= 0.6 is 0 Å². The van der Waals surface area contributed by atoms with Crippen LogP contribution in [-0.4, -0.2) is 48.4 Å². The van der Waals surface area contributed by atoms with Gasteiger partial charge in [-0.3, -0.25) is 14.9 Å². The van der Waals surface area contributed by atoms with Crippen molar-refractivity contribution in [1.29, 1.82) is 0 Å². The number of carbonyl (C=O) groups is 1. The number of fused-ring (bicyclic) bond motifs is 2. The van der Waals surface area contributed by atoms with E-state index >= 15 is 0 Å². The summed E-state index contributed by atoms with van der Waals surface area (Å²) in [6, 6.07) is 11.7. The molecule has 2 aromatic heterocycles. The van der Waals surface area contributed by atoms with Gasteiger partial charge in [-0.1, -0.05) is 17.2 Å². The Hall–Kier alpha value is -4.94. The number of hydrogen-bond acceptors (Lipinski definition) is 10. The van der Waals surface area contributed by atoms with Gasteiger partial charge in [0.25, 0.3) is 11.2 Å². The van der Waals surface area contributed by atoms with Crippen molar-refractivity contribution in [2.45, 2.75) is 6.04 Å². The average molecular weight is 446 g/mol. The number of rotatable bonds is 4. The number of nitrogens with zero attached hydrogens (tertiary/aromatic N) is 6. The molecular formula is C20H14N8O5. The van der Waals surface area contributed by atoms with Crippen LogP contribution in [0, 0.1) is 10.1 Å². The maximum Gasteiger partial charge on any atom is 0.337 e. The minimum atomic E-state index is -0.669.